The number of halogens is 6. The van der Waals surface area contributed by atoms with Crippen LogP contribution in [0.5, 0.6) is 0 Å². The molecule has 1 saturated carbocycles. The monoisotopic (exact) mass is 561 g/mol. The second-order valence-electron chi connectivity index (χ2n) is 9.35. The van der Waals surface area contributed by atoms with Crippen LogP contribution in [0.3, 0.4) is 0 Å². The van der Waals surface area contributed by atoms with Crippen molar-refractivity contribution in [2.24, 2.45) is 11.8 Å². The molecule has 1 aromatic carbocycles. The largest absolute Gasteiger partial charge is 0.490 e. The number of alkyl halides is 6. The number of carboxylic acid groups (broad SMARTS) is 2. The lowest BCUT2D eigenvalue weighted by Crippen LogP contribution is -2.34. The zero-order chi connectivity index (χ0) is 29.0. The van der Waals surface area contributed by atoms with E-state index in [-0.39, 0.29) is 11.9 Å². The van der Waals surface area contributed by atoms with Gasteiger partial charge in [0.25, 0.3) is 5.91 Å². The Balaban J connectivity index is 0.000000251. The number of amides is 1. The average molecular weight is 561 g/mol. The summed E-state index contributed by atoms with van der Waals surface area (Å²) in [5.41, 5.74) is 3.43. The first-order chi connectivity index (χ1) is 18.2. The average Bonchev–Trinajstić information content (AvgIpc) is 3.51. The predicted octanol–water partition coefficient (Wildman–Crippen LogP) is 4.26. The number of carbonyl (C=O) groups excluding carboxylic acids is 1. The maximum absolute atomic E-state index is 12.7. The van der Waals surface area contributed by atoms with Gasteiger partial charge in [0.15, 0.2) is 0 Å². The molecule has 1 amide bonds. The van der Waals surface area contributed by atoms with E-state index in [1.165, 1.54) is 30.5 Å². The van der Waals surface area contributed by atoms with Crippen LogP contribution < -0.4 is 5.32 Å². The van der Waals surface area contributed by atoms with Crippen molar-refractivity contribution in [2.45, 2.75) is 37.2 Å². The third-order valence-electron chi connectivity index (χ3n) is 6.53. The third-order valence-corrected chi connectivity index (χ3v) is 6.53. The number of carboxylic acids is 2. The summed E-state index contributed by atoms with van der Waals surface area (Å²) >= 11 is 0. The standard InChI is InChI=1S/C21H23N3O.2C2HF3O2/c25-21(15-7-9-22-10-8-15)23-20-17-4-2-1-3-16(17)18-12-24(13-19(18)20)11-14-5-6-14;2*3-2(4,5)1(6)7/h1-4,7-10,14,18-20H,5-6,11-13H2,(H,23,25);2*(H,6,7)/t18-,19-,20+;;/m0../s1. The molecule has 2 aromatic rings. The molecule has 0 radical (unpaired) electrons. The number of pyridine rings is 1. The fraction of sp³-hybridized carbons (Fsp3) is 0.440. The summed E-state index contributed by atoms with van der Waals surface area (Å²) in [6.45, 7) is 3.47. The first-order valence-electron chi connectivity index (χ1n) is 11.8. The van der Waals surface area contributed by atoms with Crippen LogP contribution in [-0.4, -0.2) is 69.9 Å². The summed E-state index contributed by atoms with van der Waals surface area (Å²) in [5, 5.41) is 17.6. The van der Waals surface area contributed by atoms with Crippen LogP contribution in [0.1, 0.15) is 46.3 Å². The number of hydrogen-bond acceptors (Lipinski definition) is 5. The smallest absolute Gasteiger partial charge is 0.475 e. The molecule has 39 heavy (non-hydrogen) atoms. The summed E-state index contributed by atoms with van der Waals surface area (Å²) in [7, 11) is 0. The maximum Gasteiger partial charge on any atom is 0.490 e. The number of fused-ring (bicyclic) bond motifs is 3. The number of likely N-dealkylation sites (tertiary alicyclic amines) is 1. The first kappa shape index (κ1) is 29.9. The quantitative estimate of drug-likeness (QED) is 0.478. The topological polar surface area (TPSA) is 120 Å². The Bertz CT molecular complexity index is 1150. The van der Waals surface area contributed by atoms with E-state index in [0.29, 0.717) is 17.4 Å². The Morgan fingerprint density at radius 3 is 1.87 bits per heavy atom. The third kappa shape index (κ3) is 8.15. The maximum atomic E-state index is 12.7. The SMILES string of the molecule is O=C(N[C@@H]1c2ccccc2[C@@H]2CN(CC3CC3)C[C@H]12)c1ccncc1.O=C(O)C(F)(F)F.O=C(O)C(F)(F)F. The van der Waals surface area contributed by atoms with E-state index in [0.717, 1.165) is 19.0 Å². The minimum Gasteiger partial charge on any atom is -0.475 e. The van der Waals surface area contributed by atoms with Gasteiger partial charge < -0.3 is 20.4 Å². The van der Waals surface area contributed by atoms with Crippen LogP contribution in [-0.2, 0) is 9.59 Å². The van der Waals surface area contributed by atoms with E-state index in [1.54, 1.807) is 24.5 Å². The van der Waals surface area contributed by atoms with Gasteiger partial charge in [-0.05, 0) is 42.0 Å². The van der Waals surface area contributed by atoms with Gasteiger partial charge in [-0.25, -0.2) is 9.59 Å². The second kappa shape index (κ2) is 12.0. The molecule has 212 valence electrons. The van der Waals surface area contributed by atoms with Crippen LogP contribution >= 0.6 is 0 Å². The molecule has 2 aliphatic carbocycles. The van der Waals surface area contributed by atoms with Gasteiger partial charge in [-0.3, -0.25) is 9.78 Å². The molecule has 2 heterocycles. The predicted molar refractivity (Wildman–Crippen MR) is 124 cm³/mol. The zero-order valence-electron chi connectivity index (χ0n) is 20.2. The number of aromatic nitrogens is 1. The summed E-state index contributed by atoms with van der Waals surface area (Å²) in [6.07, 6.45) is -4.03. The van der Waals surface area contributed by atoms with Crippen molar-refractivity contribution >= 4 is 17.8 Å². The molecule has 1 saturated heterocycles. The van der Waals surface area contributed by atoms with E-state index in [1.807, 2.05) is 0 Å². The number of hydrogen-bond donors (Lipinski definition) is 3. The molecule has 14 heteroatoms. The molecule has 2 fully saturated rings. The first-order valence-corrected chi connectivity index (χ1v) is 11.8. The van der Waals surface area contributed by atoms with Crippen LogP contribution in [0.2, 0.25) is 0 Å². The number of carbonyl (C=O) groups is 3. The number of benzene rings is 1. The lowest BCUT2D eigenvalue weighted by Gasteiger charge is -2.23. The number of aliphatic carboxylic acids is 2. The molecule has 3 aliphatic rings. The fourth-order valence-electron chi connectivity index (χ4n) is 4.67. The van der Waals surface area contributed by atoms with Gasteiger partial charge in [0.1, 0.15) is 0 Å². The van der Waals surface area contributed by atoms with Crippen molar-refractivity contribution < 1.29 is 50.9 Å². The summed E-state index contributed by atoms with van der Waals surface area (Å²) in [4.78, 5) is 37.1. The molecule has 3 atom stereocenters. The van der Waals surface area contributed by atoms with Crippen LogP contribution in [0.25, 0.3) is 0 Å². The Morgan fingerprint density at radius 2 is 1.38 bits per heavy atom. The molecule has 1 aliphatic heterocycles. The van der Waals surface area contributed by atoms with E-state index >= 15 is 0 Å². The highest BCUT2D eigenvalue weighted by Crippen LogP contribution is 2.49. The van der Waals surface area contributed by atoms with Gasteiger partial charge in [0.2, 0.25) is 0 Å². The van der Waals surface area contributed by atoms with Crippen molar-refractivity contribution in [3.63, 3.8) is 0 Å². The lowest BCUT2D eigenvalue weighted by molar-refractivity contribution is -0.193. The summed E-state index contributed by atoms with van der Waals surface area (Å²) in [5.74, 6) is -3.55. The van der Waals surface area contributed by atoms with Gasteiger partial charge in [0.05, 0.1) is 6.04 Å². The van der Waals surface area contributed by atoms with Crippen molar-refractivity contribution in [3.05, 3.63) is 65.5 Å². The molecule has 1 aromatic heterocycles. The summed E-state index contributed by atoms with van der Waals surface area (Å²) < 4.78 is 63.5. The molecule has 0 bridgehead atoms. The van der Waals surface area contributed by atoms with Gasteiger partial charge in [-0.1, -0.05) is 24.3 Å². The van der Waals surface area contributed by atoms with Gasteiger partial charge in [0, 0.05) is 49.4 Å². The normalized spacial score (nSPS) is 21.8. The number of nitrogens with zero attached hydrogens (tertiary/aromatic N) is 2. The van der Waals surface area contributed by atoms with Crippen molar-refractivity contribution in [1.29, 1.82) is 0 Å². The Hall–Kier alpha value is -3.68. The molecule has 8 nitrogen and oxygen atoms in total. The molecule has 3 N–H and O–H groups in total. The summed E-state index contributed by atoms with van der Waals surface area (Å²) in [6, 6.07) is 12.3. The van der Waals surface area contributed by atoms with Gasteiger partial charge >= 0.3 is 24.3 Å². The fourth-order valence-corrected chi connectivity index (χ4v) is 4.67. The Kier molecular flexibility index (Phi) is 9.20. The van der Waals surface area contributed by atoms with E-state index < -0.39 is 24.3 Å². The number of nitrogens with one attached hydrogen (secondary N) is 1. The zero-order valence-corrected chi connectivity index (χ0v) is 20.2. The molecular weight excluding hydrogens is 536 g/mol. The van der Waals surface area contributed by atoms with E-state index in [9.17, 15) is 31.1 Å². The van der Waals surface area contributed by atoms with Crippen molar-refractivity contribution in [3.8, 4) is 0 Å². The lowest BCUT2D eigenvalue weighted by atomic mass is 9.94. The Morgan fingerprint density at radius 1 is 0.872 bits per heavy atom. The highest BCUT2D eigenvalue weighted by atomic mass is 19.4. The highest BCUT2D eigenvalue weighted by molar-refractivity contribution is 5.94. The van der Waals surface area contributed by atoms with Crippen LogP contribution in [0.15, 0.2) is 48.8 Å². The van der Waals surface area contributed by atoms with Gasteiger partial charge in [-0.2, -0.15) is 26.3 Å². The minimum atomic E-state index is -5.08. The van der Waals surface area contributed by atoms with Gasteiger partial charge in [-0.15, -0.1) is 0 Å². The van der Waals surface area contributed by atoms with E-state index in [4.69, 9.17) is 19.8 Å². The Labute approximate surface area is 218 Å². The molecule has 0 unspecified atom stereocenters. The van der Waals surface area contributed by atoms with Crippen molar-refractivity contribution in [2.75, 3.05) is 19.6 Å². The second-order valence-corrected chi connectivity index (χ2v) is 9.35. The minimum absolute atomic E-state index is 0.00324. The molecule has 5 rings (SSSR count). The van der Waals surface area contributed by atoms with Crippen LogP contribution in [0, 0.1) is 11.8 Å². The van der Waals surface area contributed by atoms with Crippen molar-refractivity contribution in [1.82, 2.24) is 15.2 Å². The number of rotatable bonds is 4. The van der Waals surface area contributed by atoms with E-state index in [2.05, 4.69) is 39.5 Å². The molecular formula is C25H25F6N3O5. The molecule has 0 spiro atoms. The highest BCUT2D eigenvalue weighted by Gasteiger charge is 2.47. The van der Waals surface area contributed by atoms with Crippen LogP contribution in [0.4, 0.5) is 26.3 Å².